The Kier molecular flexibility index (Phi) is 5.60. The Morgan fingerprint density at radius 3 is 3.00 bits per heavy atom. The highest BCUT2D eigenvalue weighted by Crippen LogP contribution is 2.29. The number of carbonyl (C=O) groups excluding carboxylic acids is 1. The molecule has 24 heavy (non-hydrogen) atoms. The predicted molar refractivity (Wildman–Crippen MR) is 102 cm³/mol. The molecule has 0 aliphatic rings. The van der Waals surface area contributed by atoms with E-state index in [0.717, 1.165) is 27.3 Å². The van der Waals surface area contributed by atoms with E-state index in [1.165, 1.54) is 11.3 Å². The maximum Gasteiger partial charge on any atom is 0.236 e. The van der Waals surface area contributed by atoms with Crippen LogP contribution in [-0.4, -0.2) is 23.8 Å². The summed E-state index contributed by atoms with van der Waals surface area (Å²) in [5.41, 5.74) is 1.95. The molecule has 3 rings (SSSR count). The minimum atomic E-state index is -0.0620. The van der Waals surface area contributed by atoms with Crippen molar-refractivity contribution in [2.75, 3.05) is 18.2 Å². The second-order valence-electron chi connectivity index (χ2n) is 5.02. The van der Waals surface area contributed by atoms with Gasteiger partial charge in [-0.3, -0.25) is 4.79 Å². The summed E-state index contributed by atoms with van der Waals surface area (Å²) in [5, 5.41) is 4.16. The van der Waals surface area contributed by atoms with E-state index in [2.05, 4.69) is 10.3 Å². The number of halogens is 1. The zero-order valence-corrected chi connectivity index (χ0v) is 15.3. The molecule has 0 aliphatic heterocycles. The molecule has 0 bridgehead atoms. The van der Waals surface area contributed by atoms with E-state index in [1.54, 1.807) is 18.9 Å². The molecule has 0 unspecified atom stereocenters. The van der Waals surface area contributed by atoms with Crippen molar-refractivity contribution >= 4 is 56.0 Å². The molecule has 1 aromatic heterocycles. The summed E-state index contributed by atoms with van der Waals surface area (Å²) in [6, 6.07) is 13.3. The molecule has 124 valence electrons. The lowest BCUT2D eigenvalue weighted by Gasteiger charge is -2.03. The molecule has 1 N–H and O–H groups in total. The highest BCUT2D eigenvalue weighted by Gasteiger charge is 2.09. The van der Waals surface area contributed by atoms with Crippen LogP contribution in [0.5, 0.6) is 5.75 Å². The number of rotatable bonds is 6. The van der Waals surface area contributed by atoms with E-state index >= 15 is 0 Å². The minimum Gasteiger partial charge on any atom is -0.497 e. The van der Waals surface area contributed by atoms with Crippen molar-refractivity contribution in [3.8, 4) is 5.75 Å². The van der Waals surface area contributed by atoms with Gasteiger partial charge in [0.15, 0.2) is 5.13 Å². The minimum absolute atomic E-state index is 0.0620. The number of thiazole rings is 1. The van der Waals surface area contributed by atoms with Crippen molar-refractivity contribution in [3.05, 3.63) is 53.1 Å². The largest absolute Gasteiger partial charge is 0.497 e. The Balaban J connectivity index is 1.54. The van der Waals surface area contributed by atoms with Gasteiger partial charge in [-0.25, -0.2) is 4.98 Å². The third kappa shape index (κ3) is 4.41. The molecule has 4 nitrogen and oxygen atoms in total. The molecule has 2 aromatic carbocycles. The fourth-order valence-corrected chi connectivity index (χ4v) is 4.03. The molecular formula is C17H15ClN2O2S2. The fourth-order valence-electron chi connectivity index (χ4n) is 2.13. The number of anilines is 1. The van der Waals surface area contributed by atoms with Gasteiger partial charge in [-0.15, -0.1) is 11.8 Å². The summed E-state index contributed by atoms with van der Waals surface area (Å²) in [4.78, 5) is 16.5. The molecule has 3 aromatic rings. The van der Waals surface area contributed by atoms with Gasteiger partial charge in [0.25, 0.3) is 0 Å². The van der Waals surface area contributed by atoms with Gasteiger partial charge >= 0.3 is 0 Å². The maximum absolute atomic E-state index is 12.1. The van der Waals surface area contributed by atoms with Gasteiger partial charge in [0.05, 0.1) is 23.1 Å². The Labute approximate surface area is 153 Å². The van der Waals surface area contributed by atoms with Gasteiger partial charge in [0, 0.05) is 10.8 Å². The highest BCUT2D eigenvalue weighted by molar-refractivity contribution is 7.99. The lowest BCUT2D eigenvalue weighted by molar-refractivity contribution is -0.113. The molecule has 0 saturated carbocycles. The van der Waals surface area contributed by atoms with Crippen LogP contribution in [0, 0.1) is 0 Å². The van der Waals surface area contributed by atoms with Crippen molar-refractivity contribution in [1.82, 2.24) is 4.98 Å². The lowest BCUT2D eigenvalue weighted by Crippen LogP contribution is -2.13. The summed E-state index contributed by atoms with van der Waals surface area (Å²) < 4.78 is 6.18. The van der Waals surface area contributed by atoms with Gasteiger partial charge < -0.3 is 10.1 Å². The highest BCUT2D eigenvalue weighted by atomic mass is 35.5. The van der Waals surface area contributed by atoms with E-state index in [1.807, 2.05) is 42.5 Å². The fraction of sp³-hybridized carbons (Fsp3) is 0.176. The van der Waals surface area contributed by atoms with Crippen LogP contribution in [0.1, 0.15) is 5.56 Å². The average molecular weight is 379 g/mol. The molecule has 0 fully saturated rings. The SMILES string of the molecule is COc1ccc2nc(NC(=O)CSCc3cccc(Cl)c3)sc2c1. The quantitative estimate of drug-likeness (QED) is 0.667. The van der Waals surface area contributed by atoms with Crippen LogP contribution >= 0.6 is 34.7 Å². The van der Waals surface area contributed by atoms with Gasteiger partial charge in [-0.05, 0) is 35.9 Å². The first kappa shape index (κ1) is 17.1. The van der Waals surface area contributed by atoms with Crippen LogP contribution in [0.3, 0.4) is 0 Å². The third-order valence-corrected chi connectivity index (χ3v) is 5.41. The van der Waals surface area contributed by atoms with Crippen LogP contribution in [0.4, 0.5) is 5.13 Å². The van der Waals surface area contributed by atoms with Crippen LogP contribution in [0.25, 0.3) is 10.2 Å². The van der Waals surface area contributed by atoms with E-state index in [4.69, 9.17) is 16.3 Å². The standard InChI is InChI=1S/C17H15ClN2O2S2/c1-22-13-5-6-14-15(8-13)24-17(19-14)20-16(21)10-23-9-11-3-2-4-12(18)7-11/h2-8H,9-10H2,1H3,(H,19,20,21). The number of thioether (sulfide) groups is 1. The normalized spacial score (nSPS) is 10.8. The molecule has 7 heteroatoms. The Hall–Kier alpha value is -1.76. The van der Waals surface area contributed by atoms with Crippen molar-refractivity contribution in [2.45, 2.75) is 5.75 Å². The summed E-state index contributed by atoms with van der Waals surface area (Å²) in [6.45, 7) is 0. The Morgan fingerprint density at radius 1 is 1.33 bits per heavy atom. The first-order chi connectivity index (χ1) is 11.6. The van der Waals surface area contributed by atoms with E-state index in [9.17, 15) is 4.79 Å². The van der Waals surface area contributed by atoms with Crippen LogP contribution < -0.4 is 10.1 Å². The number of hydrogen-bond donors (Lipinski definition) is 1. The zero-order chi connectivity index (χ0) is 16.9. The number of fused-ring (bicyclic) bond motifs is 1. The number of ether oxygens (including phenoxy) is 1. The Bertz CT molecular complexity index is 867. The number of methoxy groups -OCH3 is 1. The number of nitrogens with one attached hydrogen (secondary N) is 1. The van der Waals surface area contributed by atoms with Crippen molar-refractivity contribution in [3.63, 3.8) is 0 Å². The van der Waals surface area contributed by atoms with Crippen molar-refractivity contribution in [2.24, 2.45) is 0 Å². The molecular weight excluding hydrogens is 364 g/mol. The van der Waals surface area contributed by atoms with Crippen LogP contribution in [0.2, 0.25) is 5.02 Å². The number of carbonyl (C=O) groups is 1. The first-order valence-electron chi connectivity index (χ1n) is 7.20. The molecule has 0 spiro atoms. The van der Waals surface area contributed by atoms with E-state index in [0.29, 0.717) is 15.9 Å². The number of benzene rings is 2. The number of nitrogens with zero attached hydrogens (tertiary/aromatic N) is 1. The van der Waals surface area contributed by atoms with E-state index < -0.39 is 0 Å². The monoisotopic (exact) mass is 378 g/mol. The molecule has 1 amide bonds. The molecule has 0 radical (unpaired) electrons. The van der Waals surface area contributed by atoms with Crippen LogP contribution in [0.15, 0.2) is 42.5 Å². The van der Waals surface area contributed by atoms with Gasteiger partial charge in [-0.1, -0.05) is 35.1 Å². The van der Waals surface area contributed by atoms with Gasteiger partial charge in [0.2, 0.25) is 5.91 Å². The molecule has 0 saturated heterocycles. The smallest absolute Gasteiger partial charge is 0.236 e. The van der Waals surface area contributed by atoms with Gasteiger partial charge in [-0.2, -0.15) is 0 Å². The predicted octanol–water partition coefficient (Wildman–Crippen LogP) is 4.83. The average Bonchev–Trinajstić information content (AvgIpc) is 2.95. The summed E-state index contributed by atoms with van der Waals surface area (Å²) >= 11 is 8.93. The summed E-state index contributed by atoms with van der Waals surface area (Å²) in [5.74, 6) is 1.82. The maximum atomic E-state index is 12.1. The zero-order valence-electron chi connectivity index (χ0n) is 12.9. The number of hydrogen-bond acceptors (Lipinski definition) is 5. The number of amides is 1. The van der Waals surface area contributed by atoms with Crippen LogP contribution in [-0.2, 0) is 10.5 Å². The van der Waals surface area contributed by atoms with Gasteiger partial charge in [0.1, 0.15) is 5.75 Å². The van der Waals surface area contributed by atoms with E-state index in [-0.39, 0.29) is 5.91 Å². The Morgan fingerprint density at radius 2 is 2.21 bits per heavy atom. The number of aromatic nitrogens is 1. The second kappa shape index (κ2) is 7.88. The first-order valence-corrected chi connectivity index (χ1v) is 9.55. The molecule has 0 aliphatic carbocycles. The summed E-state index contributed by atoms with van der Waals surface area (Å²) in [6.07, 6.45) is 0. The molecule has 0 atom stereocenters. The summed E-state index contributed by atoms with van der Waals surface area (Å²) in [7, 11) is 1.63. The topological polar surface area (TPSA) is 51.2 Å². The second-order valence-corrected chi connectivity index (χ2v) is 7.48. The van der Waals surface area contributed by atoms with Crippen molar-refractivity contribution in [1.29, 1.82) is 0 Å². The third-order valence-electron chi connectivity index (χ3n) is 3.23. The van der Waals surface area contributed by atoms with Crippen molar-refractivity contribution < 1.29 is 9.53 Å². The molecule has 1 heterocycles. The lowest BCUT2D eigenvalue weighted by atomic mass is 10.2.